The molecule has 2 heteroatoms. The normalized spacial score (nSPS) is 10.5. The Morgan fingerprint density at radius 3 is 2.12 bits per heavy atom. The van der Waals surface area contributed by atoms with Gasteiger partial charge in [-0.05, 0) is 55.2 Å². The van der Waals surface area contributed by atoms with Crippen molar-refractivity contribution >= 4 is 0 Å². The molecule has 0 saturated heterocycles. The highest BCUT2D eigenvalue weighted by atomic mass is 16.3. The fourth-order valence-corrected chi connectivity index (χ4v) is 2.16. The maximum atomic E-state index is 9.91. The Morgan fingerprint density at radius 1 is 0.824 bits per heavy atom. The SMILES string of the molecule is Cc1cc(O)c(C)c(C)c1-c1ccccc1O. The molecule has 0 radical (unpaired) electrons. The molecule has 0 saturated carbocycles. The lowest BCUT2D eigenvalue weighted by atomic mass is 9.91. The number of hydrogen-bond acceptors (Lipinski definition) is 2. The van der Waals surface area contributed by atoms with Gasteiger partial charge in [0.25, 0.3) is 0 Å². The Hall–Kier alpha value is -1.96. The number of aryl methyl sites for hydroxylation is 1. The van der Waals surface area contributed by atoms with E-state index < -0.39 is 0 Å². The predicted molar refractivity (Wildman–Crippen MR) is 69.4 cm³/mol. The van der Waals surface area contributed by atoms with E-state index in [-0.39, 0.29) is 5.75 Å². The zero-order chi connectivity index (χ0) is 12.6. The summed E-state index contributed by atoms with van der Waals surface area (Å²) in [6.07, 6.45) is 0. The van der Waals surface area contributed by atoms with Crippen LogP contribution in [-0.4, -0.2) is 10.2 Å². The lowest BCUT2D eigenvalue weighted by molar-refractivity contribution is 0.469. The van der Waals surface area contributed by atoms with Crippen molar-refractivity contribution in [3.05, 3.63) is 47.0 Å². The van der Waals surface area contributed by atoms with Crippen molar-refractivity contribution in [2.75, 3.05) is 0 Å². The standard InChI is InChI=1S/C15H16O2/c1-9-8-14(17)10(2)11(3)15(9)12-6-4-5-7-13(12)16/h4-8,16-17H,1-3H3. The number of benzene rings is 2. The molecule has 0 amide bonds. The Labute approximate surface area is 101 Å². The molecule has 2 rings (SSSR count). The van der Waals surface area contributed by atoms with E-state index in [4.69, 9.17) is 0 Å². The smallest absolute Gasteiger partial charge is 0.123 e. The van der Waals surface area contributed by atoms with Crippen LogP contribution in [0, 0.1) is 20.8 Å². The van der Waals surface area contributed by atoms with Gasteiger partial charge in [0.2, 0.25) is 0 Å². The van der Waals surface area contributed by atoms with Gasteiger partial charge in [-0.1, -0.05) is 18.2 Å². The number of phenolic OH excluding ortho intramolecular Hbond substituents is 2. The van der Waals surface area contributed by atoms with Gasteiger partial charge in [0.1, 0.15) is 11.5 Å². The second kappa shape index (κ2) is 4.13. The van der Waals surface area contributed by atoms with Gasteiger partial charge in [0, 0.05) is 5.56 Å². The fraction of sp³-hybridized carbons (Fsp3) is 0.200. The molecule has 0 unspecified atom stereocenters. The Balaban J connectivity index is 2.77. The maximum Gasteiger partial charge on any atom is 0.123 e. The van der Waals surface area contributed by atoms with Gasteiger partial charge < -0.3 is 10.2 Å². The van der Waals surface area contributed by atoms with Crippen LogP contribution in [0.3, 0.4) is 0 Å². The van der Waals surface area contributed by atoms with E-state index in [0.29, 0.717) is 5.75 Å². The van der Waals surface area contributed by atoms with E-state index in [1.807, 2.05) is 32.9 Å². The molecule has 0 spiro atoms. The van der Waals surface area contributed by atoms with Gasteiger partial charge in [-0.15, -0.1) is 0 Å². The number of para-hydroxylation sites is 1. The highest BCUT2D eigenvalue weighted by Gasteiger charge is 2.13. The van der Waals surface area contributed by atoms with Crippen molar-refractivity contribution in [1.29, 1.82) is 0 Å². The van der Waals surface area contributed by atoms with E-state index in [0.717, 1.165) is 27.8 Å². The van der Waals surface area contributed by atoms with Gasteiger partial charge in [-0.2, -0.15) is 0 Å². The minimum absolute atomic E-state index is 0.267. The Morgan fingerprint density at radius 2 is 1.47 bits per heavy atom. The second-order valence-corrected chi connectivity index (χ2v) is 4.35. The first kappa shape index (κ1) is 11.5. The molecule has 0 aliphatic heterocycles. The Bertz CT molecular complexity index is 571. The maximum absolute atomic E-state index is 9.91. The summed E-state index contributed by atoms with van der Waals surface area (Å²) in [5.41, 5.74) is 4.63. The predicted octanol–water partition coefficient (Wildman–Crippen LogP) is 3.69. The molecule has 17 heavy (non-hydrogen) atoms. The fourth-order valence-electron chi connectivity index (χ4n) is 2.16. The highest BCUT2D eigenvalue weighted by molar-refractivity contribution is 5.77. The monoisotopic (exact) mass is 228 g/mol. The second-order valence-electron chi connectivity index (χ2n) is 4.35. The zero-order valence-electron chi connectivity index (χ0n) is 10.3. The third-order valence-corrected chi connectivity index (χ3v) is 3.24. The highest BCUT2D eigenvalue weighted by Crippen LogP contribution is 2.37. The van der Waals surface area contributed by atoms with Gasteiger partial charge in [0.15, 0.2) is 0 Å². The van der Waals surface area contributed by atoms with E-state index >= 15 is 0 Å². The molecule has 88 valence electrons. The summed E-state index contributed by atoms with van der Waals surface area (Å²) in [5.74, 6) is 0.572. The molecular formula is C15H16O2. The molecule has 0 heterocycles. The molecule has 0 aliphatic rings. The van der Waals surface area contributed by atoms with Crippen LogP contribution in [0.4, 0.5) is 0 Å². The number of hydrogen-bond donors (Lipinski definition) is 2. The van der Waals surface area contributed by atoms with Gasteiger partial charge in [-0.25, -0.2) is 0 Å². The molecule has 0 bridgehead atoms. The van der Waals surface area contributed by atoms with Crippen molar-refractivity contribution in [3.8, 4) is 22.6 Å². The van der Waals surface area contributed by atoms with E-state index in [9.17, 15) is 10.2 Å². The van der Waals surface area contributed by atoms with Crippen LogP contribution in [0.15, 0.2) is 30.3 Å². The Kier molecular flexibility index (Phi) is 2.80. The van der Waals surface area contributed by atoms with Gasteiger partial charge in [0.05, 0.1) is 0 Å². The summed E-state index contributed by atoms with van der Waals surface area (Å²) < 4.78 is 0. The van der Waals surface area contributed by atoms with Crippen molar-refractivity contribution < 1.29 is 10.2 Å². The lowest BCUT2D eigenvalue weighted by Crippen LogP contribution is -1.92. The molecule has 2 N–H and O–H groups in total. The average Bonchev–Trinajstić information content (AvgIpc) is 2.29. The third kappa shape index (κ3) is 1.86. The van der Waals surface area contributed by atoms with E-state index in [1.165, 1.54) is 0 Å². The summed E-state index contributed by atoms with van der Waals surface area (Å²) in [5, 5.41) is 19.7. The van der Waals surface area contributed by atoms with E-state index in [2.05, 4.69) is 0 Å². The summed E-state index contributed by atoms with van der Waals surface area (Å²) >= 11 is 0. The largest absolute Gasteiger partial charge is 0.508 e. The minimum Gasteiger partial charge on any atom is -0.508 e. The van der Waals surface area contributed by atoms with Crippen molar-refractivity contribution in [3.63, 3.8) is 0 Å². The van der Waals surface area contributed by atoms with Gasteiger partial charge in [-0.3, -0.25) is 0 Å². The molecule has 0 fully saturated rings. The third-order valence-electron chi connectivity index (χ3n) is 3.24. The first-order chi connectivity index (χ1) is 8.02. The summed E-state index contributed by atoms with van der Waals surface area (Å²) in [6, 6.07) is 9.01. The topological polar surface area (TPSA) is 40.5 Å². The van der Waals surface area contributed by atoms with E-state index in [1.54, 1.807) is 18.2 Å². The minimum atomic E-state index is 0.267. The van der Waals surface area contributed by atoms with Crippen LogP contribution in [-0.2, 0) is 0 Å². The molecule has 2 nitrogen and oxygen atoms in total. The van der Waals surface area contributed by atoms with Crippen molar-refractivity contribution in [1.82, 2.24) is 0 Å². The zero-order valence-corrected chi connectivity index (χ0v) is 10.3. The van der Waals surface area contributed by atoms with Crippen LogP contribution < -0.4 is 0 Å². The van der Waals surface area contributed by atoms with Crippen molar-refractivity contribution in [2.24, 2.45) is 0 Å². The summed E-state index contributed by atoms with van der Waals surface area (Å²) in [7, 11) is 0. The van der Waals surface area contributed by atoms with Crippen molar-refractivity contribution in [2.45, 2.75) is 20.8 Å². The quantitative estimate of drug-likeness (QED) is 0.781. The molecule has 0 aliphatic carbocycles. The number of rotatable bonds is 1. The number of aromatic hydroxyl groups is 2. The first-order valence-corrected chi connectivity index (χ1v) is 5.60. The summed E-state index contributed by atoms with van der Waals surface area (Å²) in [6.45, 7) is 5.78. The first-order valence-electron chi connectivity index (χ1n) is 5.60. The van der Waals surface area contributed by atoms with Crippen LogP contribution in [0.5, 0.6) is 11.5 Å². The lowest BCUT2D eigenvalue weighted by Gasteiger charge is -2.15. The van der Waals surface area contributed by atoms with Crippen LogP contribution >= 0.6 is 0 Å². The van der Waals surface area contributed by atoms with Crippen LogP contribution in [0.1, 0.15) is 16.7 Å². The van der Waals surface area contributed by atoms with Gasteiger partial charge >= 0.3 is 0 Å². The van der Waals surface area contributed by atoms with Crippen LogP contribution in [0.25, 0.3) is 11.1 Å². The molecule has 2 aromatic rings. The summed E-state index contributed by atoms with van der Waals surface area (Å²) in [4.78, 5) is 0. The van der Waals surface area contributed by atoms with Crippen LogP contribution in [0.2, 0.25) is 0 Å². The number of phenols is 2. The molecular weight excluding hydrogens is 212 g/mol. The molecule has 0 atom stereocenters. The molecule has 0 aromatic heterocycles. The molecule has 2 aromatic carbocycles. The average molecular weight is 228 g/mol.